The van der Waals surface area contributed by atoms with E-state index in [1.807, 2.05) is 54.3 Å². The molecule has 3 aromatic rings. The van der Waals surface area contributed by atoms with Crippen molar-refractivity contribution in [3.05, 3.63) is 64.0 Å². The summed E-state index contributed by atoms with van der Waals surface area (Å²) in [4.78, 5) is 0. The highest BCUT2D eigenvalue weighted by molar-refractivity contribution is 7.80. The summed E-state index contributed by atoms with van der Waals surface area (Å²) in [7, 11) is 0. The summed E-state index contributed by atoms with van der Waals surface area (Å²) in [6.45, 7) is 3.92. The van der Waals surface area contributed by atoms with E-state index in [1.54, 1.807) is 4.68 Å². The van der Waals surface area contributed by atoms with Gasteiger partial charge in [-0.3, -0.25) is 9.36 Å². The number of rotatable bonds is 6. The number of benzene rings is 1. The molecule has 0 bridgehead atoms. The fraction of sp³-hybridized carbons (Fsp3) is 0.235. The molecule has 9 heteroatoms. The summed E-state index contributed by atoms with van der Waals surface area (Å²) in [5, 5.41) is 16.7. The summed E-state index contributed by atoms with van der Waals surface area (Å²) in [5.74, 6) is 0.643. The maximum absolute atomic E-state index is 6.20. The Hall–Kier alpha value is -2.09. The molecule has 0 aliphatic rings. The molecule has 1 aromatic carbocycles. The van der Waals surface area contributed by atoms with Gasteiger partial charge in [0.2, 0.25) is 0 Å². The molecular weight excluding hydrogens is 391 g/mol. The highest BCUT2D eigenvalue weighted by atomic mass is 35.5. The van der Waals surface area contributed by atoms with Gasteiger partial charge in [-0.2, -0.15) is 10.2 Å². The number of nitrogens with one attached hydrogen (secondary N) is 2. The van der Waals surface area contributed by atoms with Gasteiger partial charge in [0.25, 0.3) is 0 Å². The van der Waals surface area contributed by atoms with Crippen molar-refractivity contribution in [2.45, 2.75) is 26.6 Å². The third-order valence-electron chi connectivity index (χ3n) is 3.71. The zero-order valence-electron chi connectivity index (χ0n) is 14.1. The van der Waals surface area contributed by atoms with Crippen LogP contribution in [0.3, 0.4) is 0 Å². The van der Waals surface area contributed by atoms with Crippen LogP contribution < -0.4 is 10.6 Å². The first-order valence-corrected chi connectivity index (χ1v) is 9.25. The molecular formula is C17H18Cl2N6S. The zero-order valence-corrected chi connectivity index (χ0v) is 16.4. The second-order valence-corrected chi connectivity index (χ2v) is 6.79. The maximum Gasteiger partial charge on any atom is 0.172 e. The lowest BCUT2D eigenvalue weighted by Crippen LogP contribution is -2.28. The van der Waals surface area contributed by atoms with Crippen molar-refractivity contribution in [1.82, 2.24) is 24.9 Å². The summed E-state index contributed by atoms with van der Waals surface area (Å²) >= 11 is 17.7. The Balaban J connectivity index is 1.55. The van der Waals surface area contributed by atoms with Gasteiger partial charge in [-0.25, -0.2) is 0 Å². The second kappa shape index (κ2) is 8.53. The molecule has 0 spiro atoms. The lowest BCUT2D eigenvalue weighted by atomic mass is 10.2. The van der Waals surface area contributed by atoms with E-state index in [1.165, 1.54) is 0 Å². The number of anilines is 1. The first-order valence-electron chi connectivity index (χ1n) is 8.08. The molecule has 0 unspecified atom stereocenters. The zero-order chi connectivity index (χ0) is 18.5. The minimum atomic E-state index is 0.481. The number of halogens is 2. The molecule has 2 heterocycles. The Kier molecular flexibility index (Phi) is 6.13. The molecule has 26 heavy (non-hydrogen) atoms. The summed E-state index contributed by atoms with van der Waals surface area (Å²) in [6, 6.07) is 9.23. The smallest absolute Gasteiger partial charge is 0.172 e. The van der Waals surface area contributed by atoms with E-state index in [-0.39, 0.29) is 0 Å². The summed E-state index contributed by atoms with van der Waals surface area (Å²) < 4.78 is 3.62. The average molecular weight is 409 g/mol. The van der Waals surface area contributed by atoms with Crippen molar-refractivity contribution in [1.29, 1.82) is 0 Å². The predicted molar refractivity (Wildman–Crippen MR) is 109 cm³/mol. The van der Waals surface area contributed by atoms with Gasteiger partial charge in [0.1, 0.15) is 0 Å². The Morgan fingerprint density at radius 2 is 1.81 bits per heavy atom. The first-order chi connectivity index (χ1) is 12.5. The molecule has 0 radical (unpaired) electrons. The lowest BCUT2D eigenvalue weighted by molar-refractivity contribution is 0.643. The number of thiocarbonyl (C=S) groups is 1. The quantitative estimate of drug-likeness (QED) is 0.604. The Morgan fingerprint density at radius 3 is 2.50 bits per heavy atom. The van der Waals surface area contributed by atoms with Gasteiger partial charge in [-0.05, 0) is 37.3 Å². The Morgan fingerprint density at radius 1 is 1.08 bits per heavy atom. The van der Waals surface area contributed by atoms with Crippen LogP contribution in [0.25, 0.3) is 0 Å². The standard InChI is InChI=1S/C17H18Cl2N6S/c1-2-24-8-6-12(22-24)10-20-17(26)21-16-7-9-25(23-16)11-13-14(18)4-3-5-15(13)19/h3-9H,2,10-11H2,1H3,(H2,20,21,23,26). The van der Waals surface area contributed by atoms with Gasteiger partial charge < -0.3 is 10.6 Å². The minimum Gasteiger partial charge on any atom is -0.357 e. The van der Waals surface area contributed by atoms with Gasteiger partial charge >= 0.3 is 0 Å². The maximum atomic E-state index is 6.20. The van der Waals surface area contributed by atoms with E-state index in [4.69, 9.17) is 35.4 Å². The van der Waals surface area contributed by atoms with Crippen molar-refractivity contribution in [2.24, 2.45) is 0 Å². The molecule has 136 valence electrons. The molecule has 0 atom stereocenters. The highest BCUT2D eigenvalue weighted by Crippen LogP contribution is 2.25. The van der Waals surface area contributed by atoms with Crippen LogP contribution in [-0.2, 0) is 19.6 Å². The van der Waals surface area contributed by atoms with E-state index >= 15 is 0 Å². The van der Waals surface area contributed by atoms with E-state index in [0.717, 1.165) is 17.8 Å². The van der Waals surface area contributed by atoms with Crippen LogP contribution in [0, 0.1) is 0 Å². The number of aromatic nitrogens is 4. The molecule has 2 aromatic heterocycles. The van der Waals surface area contributed by atoms with Gasteiger partial charge in [-0.1, -0.05) is 29.3 Å². The summed E-state index contributed by atoms with van der Waals surface area (Å²) in [6.07, 6.45) is 3.78. The Labute approximate surface area is 167 Å². The molecule has 2 N–H and O–H groups in total. The van der Waals surface area contributed by atoms with Crippen molar-refractivity contribution in [3.8, 4) is 0 Å². The molecule has 0 fully saturated rings. The third-order valence-corrected chi connectivity index (χ3v) is 4.67. The largest absolute Gasteiger partial charge is 0.357 e. The molecule has 6 nitrogen and oxygen atoms in total. The van der Waals surface area contributed by atoms with Crippen molar-refractivity contribution in [3.63, 3.8) is 0 Å². The first kappa shape index (κ1) is 18.7. The number of aryl methyl sites for hydroxylation is 1. The van der Waals surface area contributed by atoms with Crippen molar-refractivity contribution < 1.29 is 0 Å². The van der Waals surface area contributed by atoms with Crippen LogP contribution in [0.1, 0.15) is 18.2 Å². The fourth-order valence-corrected chi connectivity index (χ4v) is 3.06. The van der Waals surface area contributed by atoms with Crippen LogP contribution in [0.2, 0.25) is 10.0 Å². The van der Waals surface area contributed by atoms with Crippen LogP contribution >= 0.6 is 35.4 Å². The molecule has 0 aliphatic heterocycles. The third kappa shape index (κ3) is 4.75. The fourth-order valence-electron chi connectivity index (χ4n) is 2.37. The molecule has 0 saturated carbocycles. The topological polar surface area (TPSA) is 59.7 Å². The van der Waals surface area contributed by atoms with E-state index in [2.05, 4.69) is 20.8 Å². The van der Waals surface area contributed by atoms with Crippen molar-refractivity contribution >= 4 is 46.4 Å². The van der Waals surface area contributed by atoms with Crippen LogP contribution in [-0.4, -0.2) is 24.7 Å². The average Bonchev–Trinajstić information content (AvgIpc) is 3.25. The highest BCUT2D eigenvalue weighted by Gasteiger charge is 2.08. The van der Waals surface area contributed by atoms with Gasteiger partial charge in [0, 0.05) is 40.6 Å². The molecule has 0 saturated heterocycles. The molecule has 0 amide bonds. The van der Waals surface area contributed by atoms with Gasteiger partial charge in [-0.15, -0.1) is 0 Å². The van der Waals surface area contributed by atoms with E-state index < -0.39 is 0 Å². The van der Waals surface area contributed by atoms with Gasteiger partial charge in [0.05, 0.1) is 18.8 Å². The van der Waals surface area contributed by atoms with E-state index in [9.17, 15) is 0 Å². The summed E-state index contributed by atoms with van der Waals surface area (Å²) in [5.41, 5.74) is 1.76. The second-order valence-electron chi connectivity index (χ2n) is 5.57. The molecule has 0 aliphatic carbocycles. The predicted octanol–water partition coefficient (Wildman–Crippen LogP) is 3.94. The van der Waals surface area contributed by atoms with Crippen LogP contribution in [0.15, 0.2) is 42.7 Å². The van der Waals surface area contributed by atoms with Crippen molar-refractivity contribution in [2.75, 3.05) is 5.32 Å². The molecule has 3 rings (SSSR count). The number of hydrogen-bond acceptors (Lipinski definition) is 3. The number of hydrogen-bond donors (Lipinski definition) is 2. The monoisotopic (exact) mass is 408 g/mol. The van der Waals surface area contributed by atoms with E-state index in [0.29, 0.717) is 34.1 Å². The Bertz CT molecular complexity index is 884. The minimum absolute atomic E-state index is 0.481. The normalized spacial score (nSPS) is 10.7. The van der Waals surface area contributed by atoms with Crippen LogP contribution in [0.4, 0.5) is 5.82 Å². The SMILES string of the molecule is CCn1ccc(CNC(=S)Nc2ccn(Cc3c(Cl)cccc3Cl)n2)n1. The van der Waals surface area contributed by atoms with Gasteiger partial charge in [0.15, 0.2) is 10.9 Å². The number of nitrogens with zero attached hydrogens (tertiary/aromatic N) is 4. The lowest BCUT2D eigenvalue weighted by Gasteiger charge is -2.08. The van der Waals surface area contributed by atoms with Crippen LogP contribution in [0.5, 0.6) is 0 Å².